The van der Waals surface area contributed by atoms with Gasteiger partial charge in [0.25, 0.3) is 0 Å². The number of alkyl carbamates (subject to hydrolysis) is 1. The summed E-state index contributed by atoms with van der Waals surface area (Å²) < 4.78 is 48.8. The molecule has 0 aromatic heterocycles. The summed E-state index contributed by atoms with van der Waals surface area (Å²) in [5.74, 6) is -1.05. The number of alkyl halides is 3. The van der Waals surface area contributed by atoms with Crippen LogP contribution in [0.15, 0.2) is 24.3 Å². The lowest BCUT2D eigenvalue weighted by Crippen LogP contribution is -2.42. The maximum atomic E-state index is 12.8. The molecule has 0 aliphatic heterocycles. The molecule has 0 fully saturated rings. The Hall–Kier alpha value is -2.87. The van der Waals surface area contributed by atoms with Crippen molar-refractivity contribution in [2.75, 3.05) is 0 Å². The lowest BCUT2D eigenvalue weighted by Gasteiger charge is -2.23. The van der Waals surface area contributed by atoms with Crippen molar-refractivity contribution in [3.63, 3.8) is 0 Å². The van der Waals surface area contributed by atoms with Gasteiger partial charge in [-0.05, 0) is 59.2 Å². The maximum absolute atomic E-state index is 12.8. The molecule has 10 heteroatoms. The van der Waals surface area contributed by atoms with Crippen molar-refractivity contribution in [3.05, 3.63) is 40.9 Å². The largest absolute Gasteiger partial charge is 0.451 e. The van der Waals surface area contributed by atoms with Gasteiger partial charge in [-0.2, -0.15) is 18.0 Å². The summed E-state index contributed by atoms with van der Waals surface area (Å²) in [4.78, 5) is 27.5. The van der Waals surface area contributed by atoms with Gasteiger partial charge in [-0.15, -0.1) is 0 Å². The normalized spacial score (nSPS) is 13.1. The third-order valence-corrected chi connectivity index (χ3v) is 3.22. The summed E-state index contributed by atoms with van der Waals surface area (Å²) in [6.07, 6.45) is -5.53. The van der Waals surface area contributed by atoms with Crippen molar-refractivity contribution in [1.29, 1.82) is 0 Å². The molecule has 0 bridgehead atoms. The number of rotatable bonds is 4. The topological polar surface area (TPSA) is 101 Å². The fourth-order valence-electron chi connectivity index (χ4n) is 2.15. The lowest BCUT2D eigenvalue weighted by atomic mass is 10.00. The van der Waals surface area contributed by atoms with E-state index in [1.54, 1.807) is 41.5 Å². The number of nitrogens with one attached hydrogen (secondary N) is 1. The number of carbonyl (C=O) groups excluding carboxylic acids is 2. The molecule has 1 N–H and O–H groups in total. The van der Waals surface area contributed by atoms with Gasteiger partial charge < -0.3 is 20.3 Å². The van der Waals surface area contributed by atoms with Gasteiger partial charge in [0.1, 0.15) is 11.2 Å². The van der Waals surface area contributed by atoms with Gasteiger partial charge in [-0.1, -0.05) is 12.1 Å². The minimum atomic E-state index is -4.56. The maximum Gasteiger partial charge on any atom is 0.420 e. The molecule has 1 rings (SSSR count). The average molecular weight is 415 g/mol. The van der Waals surface area contributed by atoms with Crippen LogP contribution in [0.1, 0.15) is 58.7 Å². The first kappa shape index (κ1) is 24.2. The standard InChI is InChI=1S/C19H24F3N3O4/c1-17(2,3)28-15(26)14(25-23)13(24-16(27)29-18(4,5)6)11-7-9-12(10-8-11)19(20,21)22/h7-10,13H,1-6H3,(H,24,27)/t13-/m1/s1. The molecule has 1 amide bonds. The van der Waals surface area contributed by atoms with E-state index in [9.17, 15) is 28.3 Å². The third kappa shape index (κ3) is 7.95. The highest BCUT2D eigenvalue weighted by molar-refractivity contribution is 6.36. The molecule has 1 atom stereocenters. The Morgan fingerprint density at radius 1 is 0.966 bits per heavy atom. The first-order chi connectivity index (χ1) is 13.0. The second-order valence-electron chi connectivity index (χ2n) is 8.19. The highest BCUT2D eigenvalue weighted by Gasteiger charge is 2.39. The molecule has 0 saturated carbocycles. The SMILES string of the molecule is CC(C)(C)OC(=O)N[C@@H](C(=[N+]=[N-])C(=O)OC(C)(C)C)c1ccc(C(F)(F)F)cc1. The van der Waals surface area contributed by atoms with Crippen LogP contribution >= 0.6 is 0 Å². The number of ether oxygens (including phenoxy) is 2. The smallest absolute Gasteiger partial charge is 0.420 e. The Kier molecular flexibility index (Phi) is 7.21. The second kappa shape index (κ2) is 8.65. The van der Waals surface area contributed by atoms with Crippen molar-refractivity contribution in [2.24, 2.45) is 0 Å². The minimum Gasteiger partial charge on any atom is -0.451 e. The number of amides is 1. The van der Waals surface area contributed by atoms with Gasteiger partial charge >= 0.3 is 24.0 Å². The zero-order valence-corrected chi connectivity index (χ0v) is 17.0. The predicted molar refractivity (Wildman–Crippen MR) is 98.0 cm³/mol. The number of nitrogens with zero attached hydrogens (tertiary/aromatic N) is 2. The van der Waals surface area contributed by atoms with E-state index in [1.807, 2.05) is 0 Å². The Balaban J connectivity index is 3.32. The zero-order valence-electron chi connectivity index (χ0n) is 17.0. The van der Waals surface area contributed by atoms with E-state index in [1.165, 1.54) is 0 Å². The first-order valence-electron chi connectivity index (χ1n) is 8.65. The van der Waals surface area contributed by atoms with Crippen LogP contribution in [0.4, 0.5) is 18.0 Å². The van der Waals surface area contributed by atoms with E-state index < -0.39 is 46.8 Å². The van der Waals surface area contributed by atoms with Crippen LogP contribution in [0.5, 0.6) is 0 Å². The number of esters is 1. The Labute approximate surface area is 166 Å². The predicted octanol–water partition coefficient (Wildman–Crippen LogP) is 4.28. The van der Waals surface area contributed by atoms with Crippen molar-refractivity contribution in [2.45, 2.75) is 65.0 Å². The molecule has 160 valence electrons. The minimum absolute atomic E-state index is 0.0579. The molecule has 0 spiro atoms. The third-order valence-electron chi connectivity index (χ3n) is 3.22. The van der Waals surface area contributed by atoms with Crippen LogP contribution in [0.3, 0.4) is 0 Å². The zero-order chi connectivity index (χ0) is 22.6. The molecule has 0 heterocycles. The summed E-state index contributed by atoms with van der Waals surface area (Å²) in [6, 6.07) is 2.26. The fraction of sp³-hybridized carbons (Fsp3) is 0.526. The van der Waals surface area contributed by atoms with E-state index in [0.29, 0.717) is 0 Å². The van der Waals surface area contributed by atoms with E-state index >= 15 is 0 Å². The van der Waals surface area contributed by atoms with Crippen molar-refractivity contribution in [3.8, 4) is 0 Å². The van der Waals surface area contributed by atoms with Gasteiger partial charge in [-0.25, -0.2) is 9.59 Å². The first-order valence-corrected chi connectivity index (χ1v) is 8.65. The molecular formula is C19H24F3N3O4. The Morgan fingerprint density at radius 3 is 1.83 bits per heavy atom. The van der Waals surface area contributed by atoms with Crippen LogP contribution in [-0.2, 0) is 20.4 Å². The van der Waals surface area contributed by atoms with Gasteiger partial charge in [0, 0.05) is 0 Å². The van der Waals surface area contributed by atoms with Gasteiger partial charge in [0.05, 0.1) is 5.56 Å². The number of hydrogen-bond donors (Lipinski definition) is 1. The molecule has 0 aliphatic carbocycles. The van der Waals surface area contributed by atoms with Crippen molar-refractivity contribution < 1.29 is 37.0 Å². The van der Waals surface area contributed by atoms with Gasteiger partial charge in [-0.3, -0.25) is 0 Å². The summed E-state index contributed by atoms with van der Waals surface area (Å²) in [7, 11) is 0. The van der Waals surface area contributed by atoms with Crippen LogP contribution in [0, 0.1) is 0 Å². The fourth-order valence-corrected chi connectivity index (χ4v) is 2.15. The van der Waals surface area contributed by atoms with Crippen LogP contribution < -0.4 is 5.32 Å². The molecule has 0 saturated heterocycles. The van der Waals surface area contributed by atoms with Crippen LogP contribution in [0.25, 0.3) is 5.53 Å². The van der Waals surface area contributed by atoms with E-state index in [-0.39, 0.29) is 5.56 Å². The van der Waals surface area contributed by atoms with Gasteiger partial charge in [0.15, 0.2) is 6.04 Å². The van der Waals surface area contributed by atoms with E-state index in [2.05, 4.69) is 10.1 Å². The molecular weight excluding hydrogens is 391 g/mol. The molecule has 1 aromatic carbocycles. The van der Waals surface area contributed by atoms with Crippen molar-refractivity contribution >= 4 is 17.8 Å². The van der Waals surface area contributed by atoms with Crippen LogP contribution in [-0.4, -0.2) is 33.8 Å². The number of hydrogen-bond acceptors (Lipinski definition) is 4. The summed E-state index contributed by atoms with van der Waals surface area (Å²) in [5, 5.41) is 2.33. The number of halogens is 3. The average Bonchev–Trinajstić information content (AvgIpc) is 2.50. The lowest BCUT2D eigenvalue weighted by molar-refractivity contribution is -0.151. The Bertz CT molecular complexity index is 800. The number of carbonyl (C=O) groups is 2. The monoisotopic (exact) mass is 415 g/mol. The molecule has 0 radical (unpaired) electrons. The highest BCUT2D eigenvalue weighted by atomic mass is 19.4. The number of benzene rings is 1. The Morgan fingerprint density at radius 2 is 1.45 bits per heavy atom. The van der Waals surface area contributed by atoms with Gasteiger partial charge in [0.2, 0.25) is 0 Å². The second-order valence-corrected chi connectivity index (χ2v) is 8.19. The van der Waals surface area contributed by atoms with Crippen molar-refractivity contribution in [1.82, 2.24) is 5.32 Å². The van der Waals surface area contributed by atoms with Crippen LogP contribution in [0.2, 0.25) is 0 Å². The highest BCUT2D eigenvalue weighted by Crippen LogP contribution is 2.30. The van der Waals surface area contributed by atoms with E-state index in [4.69, 9.17) is 9.47 Å². The van der Waals surface area contributed by atoms with E-state index in [0.717, 1.165) is 24.3 Å². The summed E-state index contributed by atoms with van der Waals surface area (Å²) in [6.45, 7) is 9.55. The quantitative estimate of drug-likeness (QED) is 0.343. The molecule has 29 heavy (non-hydrogen) atoms. The summed E-state index contributed by atoms with van der Waals surface area (Å²) in [5.41, 5.74) is 6.07. The molecule has 1 aromatic rings. The molecule has 0 aliphatic rings. The molecule has 7 nitrogen and oxygen atoms in total. The molecule has 0 unspecified atom stereocenters. The summed E-state index contributed by atoms with van der Waals surface area (Å²) >= 11 is 0.